The molecule has 2 N–H and O–H groups in total. The highest BCUT2D eigenvalue weighted by atomic mass is 32.2. The summed E-state index contributed by atoms with van der Waals surface area (Å²) in [6, 6.07) is 0.631. The van der Waals surface area contributed by atoms with Gasteiger partial charge in [0.05, 0.1) is 12.1 Å². The fourth-order valence-electron chi connectivity index (χ4n) is 2.49. The fourth-order valence-corrected chi connectivity index (χ4v) is 3.46. The quantitative estimate of drug-likeness (QED) is 0.474. The largest absolute Gasteiger partial charge is 0.305 e. The molecule has 0 heterocycles. The van der Waals surface area contributed by atoms with Crippen molar-refractivity contribution in [3.8, 4) is 0 Å². The summed E-state index contributed by atoms with van der Waals surface area (Å²) in [7, 11) is 0. The van der Waals surface area contributed by atoms with E-state index in [1.54, 1.807) is 6.92 Å². The van der Waals surface area contributed by atoms with Crippen molar-refractivity contribution < 1.29 is 9.59 Å². The SMILES string of the molecule is CCC(=O)C(CCSCCCC(NC(C)C)C(C)=O)NC(C)C. The average molecular weight is 345 g/mol. The maximum Gasteiger partial charge on any atom is 0.149 e. The number of rotatable bonds is 14. The maximum atomic E-state index is 11.9. The standard InChI is InChI=1S/C18H36N2O2S/c1-7-18(22)17(20-14(4)5)10-12-23-11-8-9-16(15(6)21)19-13(2)3/h13-14,16-17,19-20H,7-12H2,1-6H3. The van der Waals surface area contributed by atoms with E-state index in [1.807, 2.05) is 18.7 Å². The number of hydrogen-bond acceptors (Lipinski definition) is 5. The van der Waals surface area contributed by atoms with Crippen LogP contribution in [0.4, 0.5) is 0 Å². The summed E-state index contributed by atoms with van der Waals surface area (Å²) < 4.78 is 0. The van der Waals surface area contributed by atoms with E-state index in [0.29, 0.717) is 24.3 Å². The molecule has 0 saturated heterocycles. The van der Waals surface area contributed by atoms with Gasteiger partial charge in [-0.2, -0.15) is 11.8 Å². The van der Waals surface area contributed by atoms with Gasteiger partial charge in [0, 0.05) is 18.5 Å². The molecule has 0 aromatic heterocycles. The Morgan fingerprint density at radius 1 is 0.913 bits per heavy atom. The van der Waals surface area contributed by atoms with Crippen LogP contribution in [0.5, 0.6) is 0 Å². The minimum Gasteiger partial charge on any atom is -0.305 e. The zero-order chi connectivity index (χ0) is 17.8. The molecule has 0 aromatic carbocycles. The molecule has 0 aliphatic carbocycles. The number of hydrogen-bond donors (Lipinski definition) is 2. The number of Topliss-reactive ketones (excluding diaryl/α,β-unsaturated/α-hetero) is 2. The molecule has 0 saturated carbocycles. The minimum atomic E-state index is -0.0207. The Morgan fingerprint density at radius 3 is 1.96 bits per heavy atom. The first-order valence-corrected chi connectivity index (χ1v) is 10.1. The summed E-state index contributed by atoms with van der Waals surface area (Å²) >= 11 is 1.88. The van der Waals surface area contributed by atoms with Gasteiger partial charge in [0.2, 0.25) is 0 Å². The lowest BCUT2D eigenvalue weighted by molar-refractivity contribution is -0.121. The second kappa shape index (κ2) is 13.0. The van der Waals surface area contributed by atoms with Crippen LogP contribution in [-0.4, -0.2) is 47.2 Å². The van der Waals surface area contributed by atoms with Crippen molar-refractivity contribution in [3.63, 3.8) is 0 Å². The number of thioether (sulfide) groups is 1. The predicted octanol–water partition coefficient (Wildman–Crippen LogP) is 3.19. The van der Waals surface area contributed by atoms with E-state index in [0.717, 1.165) is 30.8 Å². The highest BCUT2D eigenvalue weighted by molar-refractivity contribution is 7.99. The molecule has 0 rings (SSSR count). The molecule has 0 bridgehead atoms. The molecule has 4 nitrogen and oxygen atoms in total. The molecule has 23 heavy (non-hydrogen) atoms. The maximum absolute atomic E-state index is 11.9. The van der Waals surface area contributed by atoms with Crippen molar-refractivity contribution in [1.29, 1.82) is 0 Å². The minimum absolute atomic E-state index is 0.0138. The molecule has 0 aliphatic rings. The Morgan fingerprint density at radius 2 is 1.48 bits per heavy atom. The van der Waals surface area contributed by atoms with Gasteiger partial charge in [-0.05, 0) is 37.7 Å². The second-order valence-corrected chi connectivity index (χ2v) is 7.95. The van der Waals surface area contributed by atoms with Crippen LogP contribution >= 0.6 is 11.8 Å². The normalized spacial score (nSPS) is 14.3. The summed E-state index contributed by atoms with van der Waals surface area (Å²) in [4.78, 5) is 23.5. The van der Waals surface area contributed by atoms with Crippen molar-refractivity contribution in [2.24, 2.45) is 0 Å². The first-order valence-electron chi connectivity index (χ1n) is 8.90. The molecule has 136 valence electrons. The fraction of sp³-hybridized carbons (Fsp3) is 0.889. The van der Waals surface area contributed by atoms with Crippen LogP contribution in [-0.2, 0) is 9.59 Å². The Hall–Kier alpha value is -0.390. The van der Waals surface area contributed by atoms with Gasteiger partial charge in [-0.25, -0.2) is 0 Å². The lowest BCUT2D eigenvalue weighted by Crippen LogP contribution is -2.41. The molecule has 0 spiro atoms. The van der Waals surface area contributed by atoms with E-state index in [1.165, 1.54) is 0 Å². The highest BCUT2D eigenvalue weighted by Gasteiger charge is 2.17. The summed E-state index contributed by atoms with van der Waals surface area (Å²) in [6.07, 6.45) is 3.40. The van der Waals surface area contributed by atoms with Gasteiger partial charge in [0.25, 0.3) is 0 Å². The summed E-state index contributed by atoms with van der Waals surface area (Å²) in [5.41, 5.74) is 0. The molecule has 0 aromatic rings. The molecule has 0 aliphatic heterocycles. The van der Waals surface area contributed by atoms with Gasteiger partial charge in [-0.1, -0.05) is 34.6 Å². The van der Waals surface area contributed by atoms with E-state index < -0.39 is 0 Å². The number of nitrogens with one attached hydrogen (secondary N) is 2. The van der Waals surface area contributed by atoms with Gasteiger partial charge in [0.1, 0.15) is 11.6 Å². The highest BCUT2D eigenvalue weighted by Crippen LogP contribution is 2.11. The first kappa shape index (κ1) is 22.6. The Balaban J connectivity index is 3.96. The van der Waals surface area contributed by atoms with Crippen molar-refractivity contribution in [1.82, 2.24) is 10.6 Å². The van der Waals surface area contributed by atoms with Crippen LogP contribution in [0.15, 0.2) is 0 Å². The van der Waals surface area contributed by atoms with E-state index in [4.69, 9.17) is 0 Å². The Bertz CT molecular complexity index is 346. The Labute approximate surface area is 146 Å². The zero-order valence-corrected chi connectivity index (χ0v) is 16.6. The smallest absolute Gasteiger partial charge is 0.149 e. The van der Waals surface area contributed by atoms with E-state index in [2.05, 4.69) is 38.3 Å². The van der Waals surface area contributed by atoms with Crippen molar-refractivity contribution in [2.75, 3.05) is 11.5 Å². The molecule has 2 atom stereocenters. The van der Waals surface area contributed by atoms with Gasteiger partial charge >= 0.3 is 0 Å². The van der Waals surface area contributed by atoms with Gasteiger partial charge in [-0.3, -0.25) is 9.59 Å². The first-order chi connectivity index (χ1) is 10.8. The second-order valence-electron chi connectivity index (χ2n) is 6.72. The molecule has 0 amide bonds. The van der Waals surface area contributed by atoms with Gasteiger partial charge in [-0.15, -0.1) is 0 Å². The van der Waals surface area contributed by atoms with Crippen LogP contribution < -0.4 is 10.6 Å². The third-order valence-corrected chi connectivity index (χ3v) is 4.73. The monoisotopic (exact) mass is 344 g/mol. The molecule has 2 unspecified atom stereocenters. The lowest BCUT2D eigenvalue weighted by Gasteiger charge is -2.20. The summed E-state index contributed by atoms with van der Waals surface area (Å²) in [6.45, 7) is 11.9. The third-order valence-electron chi connectivity index (χ3n) is 3.63. The third kappa shape index (κ3) is 11.7. The zero-order valence-electron chi connectivity index (χ0n) is 15.8. The number of carbonyl (C=O) groups excluding carboxylic acids is 2. The molecular formula is C18H36N2O2S. The van der Waals surface area contributed by atoms with Crippen LogP contribution in [0.25, 0.3) is 0 Å². The van der Waals surface area contributed by atoms with Crippen molar-refractivity contribution in [2.45, 2.75) is 91.4 Å². The van der Waals surface area contributed by atoms with Crippen molar-refractivity contribution in [3.05, 3.63) is 0 Å². The van der Waals surface area contributed by atoms with Crippen LogP contribution in [0.1, 0.15) is 67.2 Å². The lowest BCUT2D eigenvalue weighted by atomic mass is 10.1. The predicted molar refractivity (Wildman–Crippen MR) is 101 cm³/mol. The Kier molecular flexibility index (Phi) is 12.7. The van der Waals surface area contributed by atoms with Crippen molar-refractivity contribution >= 4 is 23.3 Å². The summed E-state index contributed by atoms with van der Waals surface area (Å²) in [5.74, 6) is 2.55. The summed E-state index contributed by atoms with van der Waals surface area (Å²) in [5, 5.41) is 6.68. The van der Waals surface area contributed by atoms with Gasteiger partial charge < -0.3 is 10.6 Å². The van der Waals surface area contributed by atoms with Crippen LogP contribution in [0.3, 0.4) is 0 Å². The van der Waals surface area contributed by atoms with E-state index in [9.17, 15) is 9.59 Å². The van der Waals surface area contributed by atoms with Crippen LogP contribution in [0.2, 0.25) is 0 Å². The molecule has 0 fully saturated rings. The number of ketones is 2. The number of carbonyl (C=O) groups is 2. The van der Waals surface area contributed by atoms with E-state index in [-0.39, 0.29) is 17.9 Å². The van der Waals surface area contributed by atoms with Crippen LogP contribution in [0, 0.1) is 0 Å². The molecule has 0 radical (unpaired) electrons. The van der Waals surface area contributed by atoms with E-state index >= 15 is 0 Å². The topological polar surface area (TPSA) is 58.2 Å². The average Bonchev–Trinajstić information content (AvgIpc) is 2.46. The molecular weight excluding hydrogens is 308 g/mol. The van der Waals surface area contributed by atoms with Gasteiger partial charge in [0.15, 0.2) is 0 Å². The molecule has 5 heteroatoms.